The summed E-state index contributed by atoms with van der Waals surface area (Å²) in [4.78, 5) is 44.5. The van der Waals surface area contributed by atoms with Gasteiger partial charge in [-0.15, -0.1) is 0 Å². The summed E-state index contributed by atoms with van der Waals surface area (Å²) in [5.74, 6) is -6.67. The zero-order valence-electron chi connectivity index (χ0n) is 14.3. The number of carboxylic acid groups (broad SMARTS) is 4. The number of hydrogen-bond donors (Lipinski definition) is 2. The number of nitrogens with two attached hydrogens (primary N) is 2. The molecule has 0 aliphatic heterocycles. The zero-order chi connectivity index (χ0) is 18.8. The van der Waals surface area contributed by atoms with Crippen LogP contribution in [0.1, 0.15) is 44.9 Å². The number of hydrogen-bond acceptors (Lipinski definition) is 10. The van der Waals surface area contributed by atoms with E-state index in [9.17, 15) is 39.6 Å². The summed E-state index contributed by atoms with van der Waals surface area (Å²) in [6, 6.07) is 0. The third-order valence-corrected chi connectivity index (χ3v) is 4.96. The van der Waals surface area contributed by atoms with Crippen molar-refractivity contribution in [3.05, 3.63) is 0 Å². The normalized spacial score (nSPS) is 26.7. The van der Waals surface area contributed by atoms with Crippen LogP contribution in [0.3, 0.4) is 0 Å². The van der Waals surface area contributed by atoms with Gasteiger partial charge in [-0.3, -0.25) is 0 Å². The quantitative estimate of drug-likeness (QED) is 0.353. The fraction of sp³-hybridized carbons (Fsp3) is 0.714. The molecule has 0 heterocycles. The number of rotatable bonds is 8. The Morgan fingerprint density at radius 1 is 0.692 bits per heavy atom. The Balaban J connectivity index is 0. The van der Waals surface area contributed by atoms with Gasteiger partial charge in [0.15, 0.2) is 0 Å². The van der Waals surface area contributed by atoms with E-state index in [0.717, 1.165) is 0 Å². The van der Waals surface area contributed by atoms with Crippen LogP contribution in [0, 0.1) is 5.41 Å². The fourth-order valence-corrected chi connectivity index (χ4v) is 3.92. The largest absolute Gasteiger partial charge is 2.00 e. The van der Waals surface area contributed by atoms with E-state index in [2.05, 4.69) is 0 Å². The molecule has 0 spiro atoms. The summed E-state index contributed by atoms with van der Waals surface area (Å²) in [5.41, 5.74) is 6.26. The van der Waals surface area contributed by atoms with E-state index in [1.54, 1.807) is 0 Å². The Kier molecular flexibility index (Phi) is 11.8. The fourth-order valence-electron chi connectivity index (χ4n) is 3.92. The van der Waals surface area contributed by atoms with Crippen molar-refractivity contribution in [3.8, 4) is 0 Å². The van der Waals surface area contributed by atoms with Gasteiger partial charge < -0.3 is 51.1 Å². The van der Waals surface area contributed by atoms with Gasteiger partial charge in [-0.05, 0) is 25.7 Å². The third-order valence-electron chi connectivity index (χ3n) is 4.96. The van der Waals surface area contributed by atoms with Crippen molar-refractivity contribution in [3.63, 3.8) is 0 Å². The Hall–Kier alpha value is 0.319. The van der Waals surface area contributed by atoms with E-state index in [1.807, 2.05) is 0 Å². The molecule has 0 aromatic carbocycles. The first-order chi connectivity index (χ1) is 10.9. The number of aliphatic carboxylic acids is 4. The average Bonchev–Trinajstić information content (AvgIpc) is 2.33. The molecule has 1 aliphatic carbocycles. The molecular weight excluding hydrogens is 404 g/mol. The maximum Gasteiger partial charge on any atom is 2.00 e. The van der Waals surface area contributed by atoms with Gasteiger partial charge in [0.05, 0.1) is 0 Å². The summed E-state index contributed by atoms with van der Waals surface area (Å²) < 4.78 is 0. The van der Waals surface area contributed by atoms with Crippen LogP contribution in [-0.4, -0.2) is 110 Å². The van der Waals surface area contributed by atoms with Crippen LogP contribution >= 0.6 is 0 Å². The van der Waals surface area contributed by atoms with Crippen LogP contribution in [0.25, 0.3) is 0 Å². The van der Waals surface area contributed by atoms with Gasteiger partial charge in [0.1, 0.15) is 0 Å². The van der Waals surface area contributed by atoms with E-state index in [-0.39, 0.29) is 94.7 Å². The molecule has 4 N–H and O–H groups in total. The van der Waals surface area contributed by atoms with Crippen LogP contribution < -0.4 is 31.9 Å². The minimum Gasteiger partial charge on any atom is -0.550 e. The van der Waals surface area contributed by atoms with Crippen molar-refractivity contribution in [2.45, 2.75) is 56.0 Å². The smallest absolute Gasteiger partial charge is 0.550 e. The van der Waals surface area contributed by atoms with E-state index in [0.29, 0.717) is 0 Å². The number of carbonyl (C=O) groups excluding carboxylic acids is 4. The van der Waals surface area contributed by atoms with Gasteiger partial charge in [0.25, 0.3) is 0 Å². The molecule has 0 radical (unpaired) electrons. The maximum atomic E-state index is 11.2. The molecule has 136 valence electrons. The molecule has 0 aromatic rings. The average molecular weight is 422 g/mol. The molecule has 0 aromatic heterocycles. The molecule has 0 amide bonds. The Bertz CT molecular complexity index is 557. The first kappa shape index (κ1) is 28.5. The van der Waals surface area contributed by atoms with Crippen molar-refractivity contribution >= 4 is 99.4 Å². The Morgan fingerprint density at radius 3 is 1.42 bits per heavy atom. The second kappa shape index (κ2) is 10.8. The standard InChI is InChI=1S/C14H22N2O8.2Ca/c15-13(6-10(21)22)3-1-2-12(4-8(17)18,5-9(19)20)14(13,16)7-11(23)24;;/h1-7,15-16H2,(H,17,18)(H,19,20)(H,21,22)(H,23,24);;/q;2*+2/p-4/t13-,14+;;/m0../s1. The minimum atomic E-state index is -2.18. The molecule has 1 aliphatic rings. The number of carboxylic acids is 4. The molecule has 0 unspecified atom stereocenters. The van der Waals surface area contributed by atoms with Gasteiger partial charge in [-0.1, -0.05) is 6.42 Å². The molecule has 2 atom stereocenters. The summed E-state index contributed by atoms with van der Waals surface area (Å²) in [5, 5.41) is 44.5. The molecule has 0 bridgehead atoms. The molecule has 0 saturated heterocycles. The summed E-state index contributed by atoms with van der Waals surface area (Å²) >= 11 is 0. The minimum absolute atomic E-state index is 0. The molecule has 1 rings (SSSR count). The van der Waals surface area contributed by atoms with E-state index < -0.39 is 66.1 Å². The van der Waals surface area contributed by atoms with Gasteiger partial charge in [-0.2, -0.15) is 0 Å². The molecule has 1 saturated carbocycles. The molecule has 12 heteroatoms. The van der Waals surface area contributed by atoms with Gasteiger partial charge in [0, 0.05) is 53.2 Å². The Labute approximate surface area is 209 Å². The molecule has 1 fully saturated rings. The van der Waals surface area contributed by atoms with Crippen molar-refractivity contribution in [1.82, 2.24) is 0 Å². The second-order valence-corrected chi connectivity index (χ2v) is 6.46. The first-order valence-corrected chi connectivity index (χ1v) is 7.25. The number of carbonyl (C=O) groups is 4. The van der Waals surface area contributed by atoms with Crippen molar-refractivity contribution in [2.24, 2.45) is 16.9 Å². The SMILES string of the molecule is N[C@]1(CC(=O)[O-])CCCC(CC(=O)[O-])(CC(=O)[O-])[C@]1(N)CC(=O)[O-].[Ca+2].[Ca+2]. The first-order valence-electron chi connectivity index (χ1n) is 7.25. The van der Waals surface area contributed by atoms with Gasteiger partial charge in [-0.25, -0.2) is 0 Å². The predicted molar refractivity (Wildman–Crippen MR) is 80.1 cm³/mol. The van der Waals surface area contributed by atoms with Gasteiger partial charge in [0.2, 0.25) is 0 Å². The third kappa shape index (κ3) is 6.16. The molecule has 26 heavy (non-hydrogen) atoms. The van der Waals surface area contributed by atoms with Crippen LogP contribution in [0.5, 0.6) is 0 Å². The molecule has 10 nitrogen and oxygen atoms in total. The van der Waals surface area contributed by atoms with Gasteiger partial charge >= 0.3 is 75.5 Å². The van der Waals surface area contributed by atoms with E-state index in [4.69, 9.17) is 11.5 Å². The summed E-state index contributed by atoms with van der Waals surface area (Å²) in [6.07, 6.45) is -3.68. The monoisotopic (exact) mass is 422 g/mol. The van der Waals surface area contributed by atoms with Crippen LogP contribution in [0.4, 0.5) is 0 Å². The zero-order valence-corrected chi connectivity index (χ0v) is 18.7. The van der Waals surface area contributed by atoms with Crippen molar-refractivity contribution in [2.75, 3.05) is 0 Å². The van der Waals surface area contributed by atoms with Crippen LogP contribution in [-0.2, 0) is 19.2 Å². The van der Waals surface area contributed by atoms with Crippen molar-refractivity contribution in [1.29, 1.82) is 0 Å². The van der Waals surface area contributed by atoms with E-state index in [1.165, 1.54) is 0 Å². The summed E-state index contributed by atoms with van der Waals surface area (Å²) in [6.45, 7) is 0. The second-order valence-electron chi connectivity index (χ2n) is 6.46. The van der Waals surface area contributed by atoms with Crippen molar-refractivity contribution < 1.29 is 39.6 Å². The van der Waals surface area contributed by atoms with E-state index >= 15 is 0 Å². The predicted octanol–water partition coefficient (Wildman–Crippen LogP) is -6.65. The molecular formula is C14H18Ca2N2O8. The summed E-state index contributed by atoms with van der Waals surface area (Å²) in [7, 11) is 0. The Morgan fingerprint density at radius 2 is 1.08 bits per heavy atom. The topological polar surface area (TPSA) is 213 Å². The maximum absolute atomic E-state index is 11.2. The van der Waals surface area contributed by atoms with Crippen LogP contribution in [0.2, 0.25) is 0 Å². The van der Waals surface area contributed by atoms with Crippen LogP contribution in [0.15, 0.2) is 0 Å².